The van der Waals surface area contributed by atoms with Crippen molar-refractivity contribution in [2.24, 2.45) is 0 Å². The van der Waals surface area contributed by atoms with Crippen LogP contribution in [-0.2, 0) is 10.0 Å². The number of thioether (sulfide) groups is 1. The van der Waals surface area contributed by atoms with E-state index in [1.54, 1.807) is 6.07 Å². The highest BCUT2D eigenvalue weighted by molar-refractivity contribution is 7.99. The second-order valence-corrected chi connectivity index (χ2v) is 8.05. The Balaban J connectivity index is 2.01. The van der Waals surface area contributed by atoms with Gasteiger partial charge in [-0.3, -0.25) is 0 Å². The van der Waals surface area contributed by atoms with Gasteiger partial charge in [-0.15, -0.1) is 11.8 Å². The molecule has 0 radical (unpaired) electrons. The molecule has 0 spiro atoms. The fourth-order valence-corrected chi connectivity index (χ4v) is 3.41. The summed E-state index contributed by atoms with van der Waals surface area (Å²) in [6.45, 7) is 0. The molecule has 0 aliphatic heterocycles. The standard InChI is InChI=1S/C15H18N2O3S2/c1-17(2)22(19,20)13-8-9-15(16-10-13)21-11-14(18)12-6-4-3-5-7-12/h3-10,14,18H,11H2,1-2H3/t14-/m1/s1. The summed E-state index contributed by atoms with van der Waals surface area (Å²) in [5.41, 5.74) is 0.849. The van der Waals surface area contributed by atoms with Crippen LogP contribution in [0.3, 0.4) is 0 Å². The molecular weight excluding hydrogens is 320 g/mol. The number of benzene rings is 1. The first-order valence-electron chi connectivity index (χ1n) is 6.65. The number of aliphatic hydroxyl groups is 1. The van der Waals surface area contributed by atoms with Crippen molar-refractivity contribution < 1.29 is 13.5 Å². The van der Waals surface area contributed by atoms with Crippen LogP contribution in [0.25, 0.3) is 0 Å². The second kappa shape index (κ2) is 7.23. The van der Waals surface area contributed by atoms with Gasteiger partial charge in [-0.25, -0.2) is 17.7 Å². The van der Waals surface area contributed by atoms with Gasteiger partial charge in [0, 0.05) is 26.0 Å². The van der Waals surface area contributed by atoms with E-state index >= 15 is 0 Å². The molecule has 0 aliphatic carbocycles. The molecule has 1 aromatic heterocycles. The first-order chi connectivity index (χ1) is 10.4. The highest BCUT2D eigenvalue weighted by Gasteiger charge is 2.17. The Morgan fingerprint density at radius 1 is 1.18 bits per heavy atom. The summed E-state index contributed by atoms with van der Waals surface area (Å²) in [5, 5.41) is 10.8. The van der Waals surface area contributed by atoms with Crippen molar-refractivity contribution in [2.75, 3.05) is 19.8 Å². The molecule has 1 N–H and O–H groups in total. The molecule has 0 saturated heterocycles. The van der Waals surface area contributed by atoms with Crippen LogP contribution in [0.2, 0.25) is 0 Å². The van der Waals surface area contributed by atoms with Crippen molar-refractivity contribution in [1.29, 1.82) is 0 Å². The van der Waals surface area contributed by atoms with Crippen molar-refractivity contribution in [1.82, 2.24) is 9.29 Å². The molecule has 7 heteroatoms. The molecule has 2 aromatic rings. The van der Waals surface area contributed by atoms with Gasteiger partial charge < -0.3 is 5.11 Å². The maximum Gasteiger partial charge on any atom is 0.244 e. The van der Waals surface area contributed by atoms with E-state index in [-0.39, 0.29) is 4.90 Å². The van der Waals surface area contributed by atoms with Crippen molar-refractivity contribution in [3.05, 3.63) is 54.2 Å². The fourth-order valence-electron chi connectivity index (χ4n) is 1.75. The van der Waals surface area contributed by atoms with Crippen molar-refractivity contribution >= 4 is 21.8 Å². The average molecular weight is 338 g/mol. The van der Waals surface area contributed by atoms with Crippen molar-refractivity contribution in [2.45, 2.75) is 16.0 Å². The molecule has 22 heavy (non-hydrogen) atoms. The lowest BCUT2D eigenvalue weighted by molar-refractivity contribution is 0.204. The van der Waals surface area contributed by atoms with Gasteiger partial charge in [0.15, 0.2) is 0 Å². The van der Waals surface area contributed by atoms with E-state index < -0.39 is 16.1 Å². The maximum atomic E-state index is 11.9. The lowest BCUT2D eigenvalue weighted by Crippen LogP contribution is -2.22. The van der Waals surface area contributed by atoms with Gasteiger partial charge in [0.25, 0.3) is 0 Å². The highest BCUT2D eigenvalue weighted by Crippen LogP contribution is 2.24. The van der Waals surface area contributed by atoms with Crippen LogP contribution in [0.4, 0.5) is 0 Å². The fraction of sp³-hybridized carbons (Fsp3) is 0.267. The number of aromatic nitrogens is 1. The Morgan fingerprint density at radius 2 is 1.86 bits per heavy atom. The van der Waals surface area contributed by atoms with E-state index in [2.05, 4.69) is 4.98 Å². The zero-order valence-electron chi connectivity index (χ0n) is 12.4. The van der Waals surface area contributed by atoms with Gasteiger partial charge in [-0.2, -0.15) is 0 Å². The molecule has 1 atom stereocenters. The van der Waals surface area contributed by atoms with Gasteiger partial charge in [0.05, 0.1) is 11.1 Å². The van der Waals surface area contributed by atoms with Crippen LogP contribution in [0.1, 0.15) is 11.7 Å². The molecule has 0 bridgehead atoms. The van der Waals surface area contributed by atoms with E-state index in [1.165, 1.54) is 38.1 Å². The largest absolute Gasteiger partial charge is 0.388 e. The summed E-state index contributed by atoms with van der Waals surface area (Å²) in [4.78, 5) is 4.30. The number of nitrogens with zero attached hydrogens (tertiary/aromatic N) is 2. The first kappa shape index (κ1) is 17.0. The number of aliphatic hydroxyl groups excluding tert-OH is 1. The average Bonchev–Trinajstić information content (AvgIpc) is 2.53. The van der Waals surface area contributed by atoms with Gasteiger partial charge >= 0.3 is 0 Å². The summed E-state index contributed by atoms with van der Waals surface area (Å²) in [6, 6.07) is 12.6. The number of pyridine rings is 1. The molecule has 118 valence electrons. The predicted octanol–water partition coefficient (Wildman–Crippen LogP) is 2.16. The third-order valence-corrected chi connectivity index (χ3v) is 5.88. The van der Waals surface area contributed by atoms with Crippen LogP contribution in [0, 0.1) is 0 Å². The summed E-state index contributed by atoms with van der Waals surface area (Å²) in [6.07, 6.45) is 0.755. The molecule has 5 nitrogen and oxygen atoms in total. The molecule has 1 heterocycles. The van der Waals surface area contributed by atoms with Crippen LogP contribution < -0.4 is 0 Å². The van der Waals surface area contributed by atoms with E-state index in [1.807, 2.05) is 30.3 Å². The molecule has 0 aliphatic rings. The van der Waals surface area contributed by atoms with Crippen molar-refractivity contribution in [3.8, 4) is 0 Å². The van der Waals surface area contributed by atoms with Crippen LogP contribution in [0.5, 0.6) is 0 Å². The zero-order chi connectivity index (χ0) is 16.2. The molecule has 1 aromatic carbocycles. The number of hydrogen-bond acceptors (Lipinski definition) is 5. The minimum Gasteiger partial charge on any atom is -0.388 e. The minimum atomic E-state index is -3.46. The number of hydrogen-bond donors (Lipinski definition) is 1. The van der Waals surface area contributed by atoms with Crippen LogP contribution in [0.15, 0.2) is 58.6 Å². The normalized spacial score (nSPS) is 13.3. The van der Waals surface area contributed by atoms with E-state index in [0.717, 1.165) is 9.87 Å². The topological polar surface area (TPSA) is 70.5 Å². The maximum absolute atomic E-state index is 11.9. The number of sulfonamides is 1. The van der Waals surface area contributed by atoms with E-state index in [9.17, 15) is 13.5 Å². The molecule has 2 rings (SSSR count). The molecule has 0 saturated carbocycles. The van der Waals surface area contributed by atoms with Crippen molar-refractivity contribution in [3.63, 3.8) is 0 Å². The number of rotatable bonds is 6. The van der Waals surface area contributed by atoms with E-state index in [0.29, 0.717) is 10.8 Å². The third-order valence-electron chi connectivity index (χ3n) is 3.06. The third kappa shape index (κ3) is 4.07. The summed E-state index contributed by atoms with van der Waals surface area (Å²) in [7, 11) is -0.495. The molecule has 0 amide bonds. The lowest BCUT2D eigenvalue weighted by Gasteiger charge is -2.12. The molecule has 0 fully saturated rings. The Hall–Kier alpha value is -1.41. The second-order valence-electron chi connectivity index (χ2n) is 4.86. The Kier molecular flexibility index (Phi) is 5.57. The SMILES string of the molecule is CN(C)S(=O)(=O)c1ccc(SC[C@@H](O)c2ccccc2)nc1. The first-order valence-corrected chi connectivity index (χ1v) is 9.08. The van der Waals surface area contributed by atoms with Gasteiger partial charge in [0.2, 0.25) is 10.0 Å². The smallest absolute Gasteiger partial charge is 0.244 e. The Labute approximate surface area is 135 Å². The highest BCUT2D eigenvalue weighted by atomic mass is 32.2. The van der Waals surface area contributed by atoms with Gasteiger partial charge in [0.1, 0.15) is 4.90 Å². The van der Waals surface area contributed by atoms with Crippen LogP contribution in [-0.4, -0.2) is 42.7 Å². The zero-order valence-corrected chi connectivity index (χ0v) is 14.0. The quantitative estimate of drug-likeness (QED) is 0.817. The molecular formula is C15H18N2O3S2. The summed E-state index contributed by atoms with van der Waals surface area (Å²) >= 11 is 1.38. The van der Waals surface area contributed by atoms with Crippen LogP contribution >= 0.6 is 11.8 Å². The van der Waals surface area contributed by atoms with E-state index in [4.69, 9.17) is 0 Å². The minimum absolute atomic E-state index is 0.158. The summed E-state index contributed by atoms with van der Waals surface area (Å²) < 4.78 is 25.0. The predicted molar refractivity (Wildman–Crippen MR) is 87.2 cm³/mol. The monoisotopic (exact) mass is 338 g/mol. The Bertz CT molecular complexity index is 701. The Morgan fingerprint density at radius 3 is 2.41 bits per heavy atom. The van der Waals surface area contributed by atoms with Gasteiger partial charge in [-0.1, -0.05) is 30.3 Å². The lowest BCUT2D eigenvalue weighted by atomic mass is 10.1. The summed E-state index contributed by atoms with van der Waals surface area (Å²) in [5.74, 6) is 0.455. The van der Waals surface area contributed by atoms with Gasteiger partial charge in [-0.05, 0) is 17.7 Å². The molecule has 0 unspecified atom stereocenters.